The number of ether oxygens (including phenoxy) is 2. The molecule has 0 heterocycles. The first-order chi connectivity index (χ1) is 8.17. The minimum Gasteiger partial charge on any atom is -0.497 e. The molecule has 1 aliphatic carbocycles. The molecule has 0 aromatic heterocycles. The quantitative estimate of drug-likeness (QED) is 0.756. The summed E-state index contributed by atoms with van der Waals surface area (Å²) in [7, 11) is 1.53. The van der Waals surface area contributed by atoms with Crippen LogP contribution in [0.5, 0.6) is 5.75 Å². The van der Waals surface area contributed by atoms with Gasteiger partial charge in [0.2, 0.25) is 0 Å². The van der Waals surface area contributed by atoms with Crippen molar-refractivity contribution < 1.29 is 18.7 Å². The highest BCUT2D eigenvalue weighted by atomic mass is 19.1. The maximum Gasteiger partial charge on any atom is 0.309 e. The number of carbonyl (C=O) groups is 1. The van der Waals surface area contributed by atoms with Gasteiger partial charge < -0.3 is 9.47 Å². The normalized spacial score (nSPS) is 22.1. The Bertz CT molecular complexity index is 431. The van der Waals surface area contributed by atoms with E-state index in [4.69, 9.17) is 9.47 Å². The first-order valence-electron chi connectivity index (χ1n) is 5.67. The zero-order valence-electron chi connectivity index (χ0n) is 9.90. The summed E-state index contributed by atoms with van der Waals surface area (Å²) >= 11 is 0. The summed E-state index contributed by atoms with van der Waals surface area (Å²) < 4.78 is 23.6. The van der Waals surface area contributed by atoms with E-state index in [1.165, 1.54) is 13.2 Å². The number of esters is 1. The fraction of sp³-hybridized carbons (Fsp3) is 0.462. The monoisotopic (exact) mass is 238 g/mol. The Hall–Kier alpha value is -1.58. The predicted molar refractivity (Wildman–Crippen MR) is 60.4 cm³/mol. The SMILES string of the molecule is CCOC(=O)[C@@H]1C[C@H]1c1cc(OC)ccc1F. The maximum absolute atomic E-state index is 13.6. The number of rotatable bonds is 4. The van der Waals surface area contributed by atoms with Gasteiger partial charge in [-0.15, -0.1) is 0 Å². The second-order valence-corrected chi connectivity index (χ2v) is 4.09. The average Bonchev–Trinajstić information content (AvgIpc) is 3.10. The van der Waals surface area contributed by atoms with E-state index < -0.39 is 0 Å². The van der Waals surface area contributed by atoms with E-state index in [2.05, 4.69) is 0 Å². The van der Waals surface area contributed by atoms with Crippen LogP contribution < -0.4 is 4.74 Å². The lowest BCUT2D eigenvalue weighted by molar-refractivity contribution is -0.144. The fourth-order valence-corrected chi connectivity index (χ4v) is 1.98. The van der Waals surface area contributed by atoms with Gasteiger partial charge in [0.1, 0.15) is 11.6 Å². The zero-order chi connectivity index (χ0) is 12.4. The van der Waals surface area contributed by atoms with Crippen molar-refractivity contribution >= 4 is 5.97 Å². The van der Waals surface area contributed by atoms with Crippen molar-refractivity contribution in [3.63, 3.8) is 0 Å². The van der Waals surface area contributed by atoms with Gasteiger partial charge in [0.15, 0.2) is 0 Å². The van der Waals surface area contributed by atoms with Crippen LogP contribution in [0, 0.1) is 11.7 Å². The van der Waals surface area contributed by atoms with Gasteiger partial charge in [-0.1, -0.05) is 0 Å². The molecule has 0 N–H and O–H groups in total. The van der Waals surface area contributed by atoms with Crippen LogP contribution in [0.3, 0.4) is 0 Å². The Morgan fingerprint density at radius 3 is 2.94 bits per heavy atom. The molecule has 0 amide bonds. The van der Waals surface area contributed by atoms with Crippen molar-refractivity contribution in [2.45, 2.75) is 19.3 Å². The van der Waals surface area contributed by atoms with E-state index in [-0.39, 0.29) is 23.6 Å². The number of hydrogen-bond acceptors (Lipinski definition) is 3. The van der Waals surface area contributed by atoms with Crippen LogP contribution in [0.25, 0.3) is 0 Å². The molecule has 3 nitrogen and oxygen atoms in total. The van der Waals surface area contributed by atoms with Gasteiger partial charge >= 0.3 is 5.97 Å². The van der Waals surface area contributed by atoms with E-state index in [0.29, 0.717) is 24.3 Å². The molecule has 0 bridgehead atoms. The highest BCUT2D eigenvalue weighted by molar-refractivity contribution is 5.77. The number of benzene rings is 1. The molecule has 1 aromatic rings. The first kappa shape index (κ1) is 11.9. The summed E-state index contributed by atoms with van der Waals surface area (Å²) in [4.78, 5) is 11.5. The number of methoxy groups -OCH3 is 1. The summed E-state index contributed by atoms with van der Waals surface area (Å²) in [6.45, 7) is 2.13. The average molecular weight is 238 g/mol. The Morgan fingerprint density at radius 2 is 2.29 bits per heavy atom. The molecule has 17 heavy (non-hydrogen) atoms. The van der Waals surface area contributed by atoms with Crippen LogP contribution >= 0.6 is 0 Å². The Kier molecular flexibility index (Phi) is 3.31. The number of hydrogen-bond donors (Lipinski definition) is 0. The molecule has 92 valence electrons. The van der Waals surface area contributed by atoms with Crippen LogP contribution in [0.15, 0.2) is 18.2 Å². The van der Waals surface area contributed by atoms with Gasteiger partial charge in [-0.05, 0) is 37.1 Å². The zero-order valence-corrected chi connectivity index (χ0v) is 9.90. The molecule has 0 saturated heterocycles. The van der Waals surface area contributed by atoms with E-state index in [0.717, 1.165) is 0 Å². The van der Waals surface area contributed by atoms with Crippen molar-refractivity contribution in [2.75, 3.05) is 13.7 Å². The van der Waals surface area contributed by atoms with E-state index in [1.54, 1.807) is 19.1 Å². The summed E-state index contributed by atoms with van der Waals surface area (Å²) in [5, 5.41) is 0. The van der Waals surface area contributed by atoms with Crippen molar-refractivity contribution in [2.24, 2.45) is 5.92 Å². The number of halogens is 1. The van der Waals surface area contributed by atoms with Crippen LogP contribution in [-0.4, -0.2) is 19.7 Å². The lowest BCUT2D eigenvalue weighted by atomic mass is 10.1. The molecular formula is C13H15FO3. The molecule has 1 aromatic carbocycles. The largest absolute Gasteiger partial charge is 0.497 e. The van der Waals surface area contributed by atoms with E-state index in [1.807, 2.05) is 0 Å². The molecular weight excluding hydrogens is 223 g/mol. The predicted octanol–water partition coefficient (Wildman–Crippen LogP) is 2.50. The molecule has 0 spiro atoms. The topological polar surface area (TPSA) is 35.5 Å². The molecule has 2 atom stereocenters. The maximum atomic E-state index is 13.6. The molecule has 0 aliphatic heterocycles. The smallest absolute Gasteiger partial charge is 0.309 e. The second kappa shape index (κ2) is 4.73. The summed E-state index contributed by atoms with van der Waals surface area (Å²) in [6, 6.07) is 4.59. The highest BCUT2D eigenvalue weighted by Gasteiger charge is 2.46. The van der Waals surface area contributed by atoms with Crippen LogP contribution in [-0.2, 0) is 9.53 Å². The highest BCUT2D eigenvalue weighted by Crippen LogP contribution is 2.49. The Morgan fingerprint density at radius 1 is 1.53 bits per heavy atom. The first-order valence-corrected chi connectivity index (χ1v) is 5.67. The third-order valence-corrected chi connectivity index (χ3v) is 2.98. The van der Waals surface area contributed by atoms with Crippen LogP contribution in [0.4, 0.5) is 4.39 Å². The van der Waals surface area contributed by atoms with E-state index >= 15 is 0 Å². The molecule has 1 fully saturated rings. The molecule has 4 heteroatoms. The van der Waals surface area contributed by atoms with Gasteiger partial charge in [0.25, 0.3) is 0 Å². The van der Waals surface area contributed by atoms with Gasteiger partial charge in [-0.3, -0.25) is 4.79 Å². The van der Waals surface area contributed by atoms with Crippen LogP contribution in [0.2, 0.25) is 0 Å². The number of carbonyl (C=O) groups excluding carboxylic acids is 1. The van der Waals surface area contributed by atoms with Crippen molar-refractivity contribution in [3.05, 3.63) is 29.6 Å². The minimum atomic E-state index is -0.289. The van der Waals surface area contributed by atoms with Crippen LogP contribution in [0.1, 0.15) is 24.8 Å². The lowest BCUT2D eigenvalue weighted by Gasteiger charge is -2.05. The molecule has 0 radical (unpaired) electrons. The van der Waals surface area contributed by atoms with E-state index in [9.17, 15) is 9.18 Å². The summed E-state index contributed by atoms with van der Waals surface area (Å²) in [6.07, 6.45) is 0.656. The third kappa shape index (κ3) is 2.40. The fourth-order valence-electron chi connectivity index (χ4n) is 1.98. The lowest BCUT2D eigenvalue weighted by Crippen LogP contribution is -2.07. The second-order valence-electron chi connectivity index (χ2n) is 4.09. The van der Waals surface area contributed by atoms with Crippen molar-refractivity contribution in [1.82, 2.24) is 0 Å². The molecule has 0 unspecified atom stereocenters. The van der Waals surface area contributed by atoms with Gasteiger partial charge in [0.05, 0.1) is 19.6 Å². The minimum absolute atomic E-state index is 0.0656. The van der Waals surface area contributed by atoms with Gasteiger partial charge in [-0.2, -0.15) is 0 Å². The summed E-state index contributed by atoms with van der Waals surface area (Å²) in [5.74, 6) is -0.182. The molecule has 1 aliphatic rings. The van der Waals surface area contributed by atoms with Gasteiger partial charge in [0, 0.05) is 5.92 Å². The Labute approximate surface area is 99.5 Å². The molecule has 2 rings (SSSR count). The third-order valence-electron chi connectivity index (χ3n) is 2.98. The van der Waals surface area contributed by atoms with Crippen molar-refractivity contribution in [1.29, 1.82) is 0 Å². The summed E-state index contributed by atoms with van der Waals surface area (Å²) in [5.41, 5.74) is 0.544. The Balaban J connectivity index is 2.12. The van der Waals surface area contributed by atoms with Gasteiger partial charge in [-0.25, -0.2) is 4.39 Å². The molecule has 1 saturated carbocycles. The van der Waals surface area contributed by atoms with Crippen molar-refractivity contribution in [3.8, 4) is 5.75 Å². The standard InChI is InChI=1S/C13H15FO3/c1-3-17-13(15)11-7-9(11)10-6-8(16-2)4-5-12(10)14/h4-6,9,11H,3,7H2,1-2H3/t9-,11+/m0/s1.